The molecule has 138 valence electrons. The summed E-state index contributed by atoms with van der Waals surface area (Å²) in [5, 5.41) is 15.1. The molecule has 1 N–H and O–H groups in total. The third-order valence-corrected chi connectivity index (χ3v) is 4.76. The summed E-state index contributed by atoms with van der Waals surface area (Å²) in [7, 11) is 0. The summed E-state index contributed by atoms with van der Waals surface area (Å²) in [4.78, 5) is 29.8. The molecule has 1 saturated heterocycles. The first-order valence-electron chi connectivity index (χ1n) is 8.97. The van der Waals surface area contributed by atoms with Crippen molar-refractivity contribution in [3.63, 3.8) is 0 Å². The number of hydrogen-bond donors (Lipinski definition) is 1. The Labute approximate surface area is 152 Å². The number of nitro benzene ring substituents is 1. The normalized spacial score (nSPS) is 15.5. The number of nitrogens with zero attached hydrogens (tertiary/aromatic N) is 3. The van der Waals surface area contributed by atoms with Gasteiger partial charge in [0, 0.05) is 47.9 Å². The lowest BCUT2D eigenvalue weighted by Crippen LogP contribution is -2.42. The number of carbonyl (C=O) groups excluding carboxylic acids is 1. The summed E-state index contributed by atoms with van der Waals surface area (Å²) in [5.41, 5.74) is 2.16. The fourth-order valence-electron chi connectivity index (χ4n) is 3.53. The van der Waals surface area contributed by atoms with E-state index in [1.165, 1.54) is 6.07 Å². The molecule has 2 heterocycles. The van der Waals surface area contributed by atoms with Gasteiger partial charge in [0.25, 0.3) is 5.69 Å². The Hall–Kier alpha value is -2.70. The lowest BCUT2D eigenvalue weighted by atomic mass is 9.94. The zero-order chi connectivity index (χ0) is 18.8. The van der Waals surface area contributed by atoms with Gasteiger partial charge in [-0.25, -0.2) is 4.98 Å². The molecule has 0 unspecified atom stereocenters. The Bertz CT molecular complexity index is 842. The van der Waals surface area contributed by atoms with E-state index in [1.54, 1.807) is 6.07 Å². The number of amides is 1. The molecule has 0 aliphatic carbocycles. The van der Waals surface area contributed by atoms with Crippen molar-refractivity contribution in [2.45, 2.75) is 39.7 Å². The van der Waals surface area contributed by atoms with Gasteiger partial charge in [0.15, 0.2) is 5.52 Å². The molecule has 1 aromatic heterocycles. The summed E-state index contributed by atoms with van der Waals surface area (Å²) >= 11 is 0. The van der Waals surface area contributed by atoms with Gasteiger partial charge in [-0.3, -0.25) is 14.9 Å². The number of hydrogen-bond acceptors (Lipinski definition) is 5. The standard InChI is InChI=1S/C19H24N4O3/c1-12(2)20-19(24)14-7-9-22(10-8-14)17-11-13(3)21-18-15(17)5-4-6-16(18)23(25)26/h4-6,11-12,14H,7-10H2,1-3H3,(H,20,24). The van der Waals surface area contributed by atoms with Gasteiger partial charge < -0.3 is 10.2 Å². The number of aromatic nitrogens is 1. The van der Waals surface area contributed by atoms with Crippen LogP contribution in [0.1, 0.15) is 32.4 Å². The van der Waals surface area contributed by atoms with Crippen molar-refractivity contribution in [2.24, 2.45) is 5.92 Å². The molecule has 7 heteroatoms. The minimum absolute atomic E-state index is 0.0252. The van der Waals surface area contributed by atoms with Crippen molar-refractivity contribution in [1.29, 1.82) is 0 Å². The maximum absolute atomic E-state index is 12.2. The van der Waals surface area contributed by atoms with Gasteiger partial charge >= 0.3 is 0 Å². The van der Waals surface area contributed by atoms with E-state index < -0.39 is 0 Å². The van der Waals surface area contributed by atoms with Crippen molar-refractivity contribution in [2.75, 3.05) is 18.0 Å². The maximum Gasteiger partial charge on any atom is 0.295 e. The Balaban J connectivity index is 1.87. The fourth-order valence-corrected chi connectivity index (χ4v) is 3.53. The van der Waals surface area contributed by atoms with E-state index in [9.17, 15) is 14.9 Å². The molecule has 0 bridgehead atoms. The molecular weight excluding hydrogens is 332 g/mol. The van der Waals surface area contributed by atoms with Crippen LogP contribution < -0.4 is 10.2 Å². The summed E-state index contributed by atoms with van der Waals surface area (Å²) < 4.78 is 0. The lowest BCUT2D eigenvalue weighted by molar-refractivity contribution is -0.383. The van der Waals surface area contributed by atoms with Gasteiger partial charge in [0.2, 0.25) is 5.91 Å². The SMILES string of the molecule is Cc1cc(N2CCC(C(=O)NC(C)C)CC2)c2cccc([N+](=O)[O-])c2n1. The first kappa shape index (κ1) is 18.1. The van der Waals surface area contributed by atoms with Crippen LogP contribution in [0.25, 0.3) is 10.9 Å². The molecule has 26 heavy (non-hydrogen) atoms. The summed E-state index contributed by atoms with van der Waals surface area (Å²) in [5.74, 6) is 0.142. The van der Waals surface area contributed by atoms with Crippen molar-refractivity contribution < 1.29 is 9.72 Å². The highest BCUT2D eigenvalue weighted by Gasteiger charge is 2.27. The molecule has 1 aliphatic rings. The quantitative estimate of drug-likeness (QED) is 0.671. The highest BCUT2D eigenvalue weighted by molar-refractivity contribution is 5.97. The predicted molar refractivity (Wildman–Crippen MR) is 101 cm³/mol. The van der Waals surface area contributed by atoms with E-state index in [2.05, 4.69) is 15.2 Å². The van der Waals surface area contributed by atoms with Gasteiger partial charge in [-0.15, -0.1) is 0 Å². The number of piperidine rings is 1. The summed E-state index contributed by atoms with van der Waals surface area (Å²) in [6, 6.07) is 7.18. The highest BCUT2D eigenvalue weighted by atomic mass is 16.6. The van der Waals surface area contributed by atoms with Crippen LogP contribution in [0.5, 0.6) is 0 Å². The van der Waals surface area contributed by atoms with Gasteiger partial charge in [-0.1, -0.05) is 12.1 Å². The second-order valence-electron chi connectivity index (χ2n) is 7.14. The number of nitro groups is 1. The Kier molecular flexibility index (Phi) is 5.06. The Morgan fingerprint density at radius 3 is 2.65 bits per heavy atom. The molecule has 0 saturated carbocycles. The largest absolute Gasteiger partial charge is 0.371 e. The van der Waals surface area contributed by atoms with Crippen LogP contribution in [0.15, 0.2) is 24.3 Å². The number of carbonyl (C=O) groups is 1. The van der Waals surface area contributed by atoms with Crippen molar-refractivity contribution in [3.8, 4) is 0 Å². The van der Waals surface area contributed by atoms with Gasteiger partial charge in [-0.2, -0.15) is 0 Å². The van der Waals surface area contributed by atoms with Crippen LogP contribution in [-0.4, -0.2) is 34.9 Å². The van der Waals surface area contributed by atoms with E-state index in [1.807, 2.05) is 32.9 Å². The molecular formula is C19H24N4O3. The number of fused-ring (bicyclic) bond motifs is 1. The molecule has 0 spiro atoms. The average Bonchev–Trinajstić information content (AvgIpc) is 2.60. The average molecular weight is 356 g/mol. The van der Waals surface area contributed by atoms with Crippen LogP contribution in [0.3, 0.4) is 0 Å². The van der Waals surface area contributed by atoms with E-state index in [-0.39, 0.29) is 28.5 Å². The number of nitrogens with one attached hydrogen (secondary N) is 1. The molecule has 3 rings (SSSR count). The predicted octanol–water partition coefficient (Wildman–Crippen LogP) is 3.19. The third-order valence-electron chi connectivity index (χ3n) is 4.76. The summed E-state index contributed by atoms with van der Waals surface area (Å²) in [6.45, 7) is 7.27. The monoisotopic (exact) mass is 356 g/mol. The van der Waals surface area contributed by atoms with Gasteiger partial charge in [0.1, 0.15) is 0 Å². The van der Waals surface area contributed by atoms with E-state index in [0.29, 0.717) is 5.52 Å². The Morgan fingerprint density at radius 2 is 2.04 bits per heavy atom. The number of aryl methyl sites for hydroxylation is 1. The summed E-state index contributed by atoms with van der Waals surface area (Å²) in [6.07, 6.45) is 1.55. The second-order valence-corrected chi connectivity index (χ2v) is 7.14. The van der Waals surface area contributed by atoms with E-state index in [4.69, 9.17) is 0 Å². The zero-order valence-electron chi connectivity index (χ0n) is 15.4. The van der Waals surface area contributed by atoms with Crippen LogP contribution >= 0.6 is 0 Å². The highest BCUT2D eigenvalue weighted by Crippen LogP contribution is 2.34. The first-order valence-corrected chi connectivity index (χ1v) is 8.97. The van der Waals surface area contributed by atoms with Crippen LogP contribution in [0, 0.1) is 23.0 Å². The molecule has 1 amide bonds. The number of non-ortho nitro benzene ring substituents is 1. The molecule has 1 fully saturated rings. The number of para-hydroxylation sites is 1. The van der Waals surface area contributed by atoms with Crippen molar-refractivity contribution in [1.82, 2.24) is 10.3 Å². The minimum Gasteiger partial charge on any atom is -0.371 e. The van der Waals surface area contributed by atoms with E-state index >= 15 is 0 Å². The number of anilines is 1. The maximum atomic E-state index is 12.2. The number of pyridine rings is 1. The second kappa shape index (κ2) is 7.27. The van der Waals surface area contributed by atoms with Gasteiger partial charge in [0.05, 0.1) is 4.92 Å². The van der Waals surface area contributed by atoms with Crippen LogP contribution in [0.4, 0.5) is 11.4 Å². The fraction of sp³-hybridized carbons (Fsp3) is 0.474. The zero-order valence-corrected chi connectivity index (χ0v) is 15.4. The van der Waals surface area contributed by atoms with Crippen LogP contribution in [0.2, 0.25) is 0 Å². The molecule has 7 nitrogen and oxygen atoms in total. The number of benzene rings is 1. The molecule has 0 radical (unpaired) electrons. The molecule has 0 atom stereocenters. The lowest BCUT2D eigenvalue weighted by Gasteiger charge is -2.34. The topological polar surface area (TPSA) is 88.4 Å². The first-order chi connectivity index (χ1) is 12.4. The van der Waals surface area contributed by atoms with E-state index in [0.717, 1.165) is 42.7 Å². The van der Waals surface area contributed by atoms with Crippen LogP contribution in [-0.2, 0) is 4.79 Å². The van der Waals surface area contributed by atoms with Crippen molar-refractivity contribution in [3.05, 3.63) is 40.1 Å². The molecule has 1 aliphatic heterocycles. The molecule has 2 aromatic rings. The number of rotatable bonds is 4. The Morgan fingerprint density at radius 1 is 1.35 bits per heavy atom. The molecule has 1 aromatic carbocycles. The smallest absolute Gasteiger partial charge is 0.295 e. The van der Waals surface area contributed by atoms with Crippen molar-refractivity contribution >= 4 is 28.2 Å². The minimum atomic E-state index is -0.388. The van der Waals surface area contributed by atoms with Gasteiger partial charge in [-0.05, 0) is 39.7 Å². The third kappa shape index (κ3) is 3.61.